The van der Waals surface area contributed by atoms with Crippen molar-refractivity contribution in [2.75, 3.05) is 26.3 Å². The summed E-state index contributed by atoms with van der Waals surface area (Å²) in [7, 11) is 0. The summed E-state index contributed by atoms with van der Waals surface area (Å²) < 4.78 is 5.56. The van der Waals surface area contributed by atoms with Gasteiger partial charge >= 0.3 is 0 Å². The summed E-state index contributed by atoms with van der Waals surface area (Å²) >= 11 is 0. The van der Waals surface area contributed by atoms with Crippen molar-refractivity contribution in [2.45, 2.75) is 32.2 Å². The first-order valence-electron chi connectivity index (χ1n) is 7.65. The molecule has 0 N–H and O–H groups in total. The second-order valence-electron chi connectivity index (χ2n) is 6.22. The van der Waals surface area contributed by atoms with Crippen molar-refractivity contribution in [1.82, 2.24) is 4.90 Å². The average Bonchev–Trinajstić information content (AvgIpc) is 2.69. The smallest absolute Gasteiger partial charge is 0.129 e. The largest absolute Gasteiger partial charge is 0.380 e. The van der Waals surface area contributed by atoms with Crippen LogP contribution in [0.25, 0.3) is 0 Å². The van der Waals surface area contributed by atoms with Gasteiger partial charge in [0.05, 0.1) is 12.0 Å². The van der Waals surface area contributed by atoms with E-state index in [0.717, 1.165) is 51.8 Å². The van der Waals surface area contributed by atoms with Crippen molar-refractivity contribution in [3.63, 3.8) is 0 Å². The summed E-state index contributed by atoms with van der Waals surface area (Å²) in [6.45, 7) is 4.27. The molecule has 3 nitrogen and oxygen atoms in total. The zero-order valence-corrected chi connectivity index (χ0v) is 12.0. The first-order valence-corrected chi connectivity index (χ1v) is 7.65. The van der Waals surface area contributed by atoms with Crippen molar-refractivity contribution in [3.05, 3.63) is 35.4 Å². The molecule has 0 aliphatic carbocycles. The van der Waals surface area contributed by atoms with Gasteiger partial charge in [0.15, 0.2) is 0 Å². The summed E-state index contributed by atoms with van der Waals surface area (Å²) in [5.41, 5.74) is 2.61. The SMILES string of the molecule is O=CC1(CN2CCCc3ccccc3C2)CCCOC1. The van der Waals surface area contributed by atoms with Gasteiger partial charge in [-0.3, -0.25) is 4.90 Å². The second-order valence-corrected chi connectivity index (χ2v) is 6.22. The van der Waals surface area contributed by atoms with Crippen LogP contribution in [0.2, 0.25) is 0 Å². The minimum absolute atomic E-state index is 0.280. The Morgan fingerprint density at radius 2 is 2.10 bits per heavy atom. The third-order valence-corrected chi connectivity index (χ3v) is 4.57. The highest BCUT2D eigenvalue weighted by molar-refractivity contribution is 5.60. The van der Waals surface area contributed by atoms with Crippen LogP contribution in [0.4, 0.5) is 0 Å². The fourth-order valence-electron chi connectivity index (χ4n) is 3.48. The van der Waals surface area contributed by atoms with Crippen molar-refractivity contribution in [3.8, 4) is 0 Å². The average molecular weight is 273 g/mol. The Labute approximate surface area is 120 Å². The number of ether oxygens (including phenoxy) is 1. The van der Waals surface area contributed by atoms with Gasteiger partial charge in [-0.05, 0) is 43.4 Å². The summed E-state index contributed by atoms with van der Waals surface area (Å²) in [4.78, 5) is 14.0. The van der Waals surface area contributed by atoms with E-state index in [1.165, 1.54) is 17.5 Å². The Kier molecular flexibility index (Phi) is 4.18. The number of aldehydes is 1. The van der Waals surface area contributed by atoms with E-state index >= 15 is 0 Å². The van der Waals surface area contributed by atoms with Gasteiger partial charge in [0.2, 0.25) is 0 Å². The third-order valence-electron chi connectivity index (χ3n) is 4.57. The minimum atomic E-state index is -0.280. The maximum atomic E-state index is 11.6. The number of benzene rings is 1. The van der Waals surface area contributed by atoms with Crippen LogP contribution >= 0.6 is 0 Å². The van der Waals surface area contributed by atoms with Crippen LogP contribution in [0, 0.1) is 5.41 Å². The number of nitrogens with zero attached hydrogens (tertiary/aromatic N) is 1. The predicted octanol–water partition coefficient (Wildman–Crippen LogP) is 2.43. The zero-order chi connectivity index (χ0) is 13.8. The predicted molar refractivity (Wildman–Crippen MR) is 78.6 cm³/mol. The number of hydrogen-bond acceptors (Lipinski definition) is 3. The van der Waals surface area contributed by atoms with E-state index in [1.54, 1.807) is 0 Å². The monoisotopic (exact) mass is 273 g/mol. The summed E-state index contributed by atoms with van der Waals surface area (Å²) in [6.07, 6.45) is 5.44. The molecule has 2 aliphatic heterocycles. The number of carbonyl (C=O) groups is 1. The molecule has 3 rings (SSSR count). The second kappa shape index (κ2) is 6.06. The van der Waals surface area contributed by atoms with E-state index in [-0.39, 0.29) is 5.41 Å². The highest BCUT2D eigenvalue weighted by Crippen LogP contribution is 2.29. The van der Waals surface area contributed by atoms with Crippen molar-refractivity contribution >= 4 is 6.29 Å². The standard InChI is InChI=1S/C17H23NO2/c19-13-17(8-4-10-20-14-17)12-18-9-3-7-15-5-1-2-6-16(15)11-18/h1-2,5-6,13H,3-4,7-12,14H2. The van der Waals surface area contributed by atoms with E-state index in [4.69, 9.17) is 4.74 Å². The summed E-state index contributed by atoms with van der Waals surface area (Å²) in [5.74, 6) is 0. The molecule has 1 aromatic carbocycles. The lowest BCUT2D eigenvalue weighted by atomic mass is 9.83. The Hall–Kier alpha value is -1.19. The van der Waals surface area contributed by atoms with E-state index in [0.29, 0.717) is 6.61 Å². The van der Waals surface area contributed by atoms with E-state index in [9.17, 15) is 4.79 Å². The topological polar surface area (TPSA) is 29.5 Å². The number of hydrogen-bond donors (Lipinski definition) is 0. The molecule has 108 valence electrons. The van der Waals surface area contributed by atoms with Crippen LogP contribution in [0.5, 0.6) is 0 Å². The van der Waals surface area contributed by atoms with Crippen LogP contribution in [-0.4, -0.2) is 37.5 Å². The molecule has 0 saturated carbocycles. The Bertz CT molecular complexity index is 466. The van der Waals surface area contributed by atoms with Gasteiger partial charge < -0.3 is 9.53 Å². The molecule has 1 fully saturated rings. The highest BCUT2D eigenvalue weighted by Gasteiger charge is 2.35. The highest BCUT2D eigenvalue weighted by atomic mass is 16.5. The molecule has 1 atom stereocenters. The van der Waals surface area contributed by atoms with Crippen molar-refractivity contribution < 1.29 is 9.53 Å². The van der Waals surface area contributed by atoms with Crippen molar-refractivity contribution in [1.29, 1.82) is 0 Å². The van der Waals surface area contributed by atoms with Gasteiger partial charge in [-0.2, -0.15) is 0 Å². The zero-order valence-electron chi connectivity index (χ0n) is 12.0. The maximum Gasteiger partial charge on any atom is 0.129 e. The van der Waals surface area contributed by atoms with Crippen LogP contribution < -0.4 is 0 Å². The fourth-order valence-corrected chi connectivity index (χ4v) is 3.48. The molecule has 2 aliphatic rings. The van der Waals surface area contributed by atoms with Crippen LogP contribution in [0.3, 0.4) is 0 Å². The van der Waals surface area contributed by atoms with Gasteiger partial charge in [-0.1, -0.05) is 24.3 Å². The molecular weight excluding hydrogens is 250 g/mol. The molecule has 1 unspecified atom stereocenters. The fraction of sp³-hybridized carbons (Fsp3) is 0.588. The van der Waals surface area contributed by atoms with E-state index < -0.39 is 0 Å². The Morgan fingerprint density at radius 1 is 1.25 bits per heavy atom. The summed E-state index contributed by atoms with van der Waals surface area (Å²) in [6, 6.07) is 8.69. The molecule has 0 amide bonds. The van der Waals surface area contributed by atoms with Crippen molar-refractivity contribution in [2.24, 2.45) is 5.41 Å². The first-order chi connectivity index (χ1) is 9.81. The van der Waals surface area contributed by atoms with Gasteiger partial charge in [0.25, 0.3) is 0 Å². The van der Waals surface area contributed by atoms with Gasteiger partial charge in [-0.25, -0.2) is 0 Å². The molecule has 0 radical (unpaired) electrons. The summed E-state index contributed by atoms with van der Waals surface area (Å²) in [5, 5.41) is 0. The normalized spacial score (nSPS) is 27.6. The van der Waals surface area contributed by atoms with Crippen LogP contribution in [-0.2, 0) is 22.5 Å². The van der Waals surface area contributed by atoms with Crippen LogP contribution in [0.15, 0.2) is 24.3 Å². The first kappa shape index (κ1) is 13.8. The lowest BCUT2D eigenvalue weighted by molar-refractivity contribution is -0.125. The van der Waals surface area contributed by atoms with E-state index in [1.807, 2.05) is 0 Å². The number of aryl methyl sites for hydroxylation is 1. The molecule has 20 heavy (non-hydrogen) atoms. The maximum absolute atomic E-state index is 11.6. The molecule has 0 bridgehead atoms. The van der Waals surface area contributed by atoms with Gasteiger partial charge in [0.1, 0.15) is 6.29 Å². The number of carbonyl (C=O) groups excluding carboxylic acids is 1. The lowest BCUT2D eigenvalue weighted by Gasteiger charge is -2.36. The molecule has 2 heterocycles. The quantitative estimate of drug-likeness (QED) is 0.792. The Morgan fingerprint density at radius 3 is 2.85 bits per heavy atom. The molecule has 0 spiro atoms. The molecular formula is C17H23NO2. The van der Waals surface area contributed by atoms with E-state index in [2.05, 4.69) is 29.2 Å². The minimum Gasteiger partial charge on any atom is -0.380 e. The molecule has 1 saturated heterocycles. The molecule has 0 aromatic heterocycles. The lowest BCUT2D eigenvalue weighted by Crippen LogP contribution is -2.44. The molecule has 1 aromatic rings. The molecule has 3 heteroatoms. The van der Waals surface area contributed by atoms with Gasteiger partial charge in [-0.15, -0.1) is 0 Å². The van der Waals surface area contributed by atoms with Gasteiger partial charge in [0, 0.05) is 19.7 Å². The number of fused-ring (bicyclic) bond motifs is 1. The number of rotatable bonds is 3. The third kappa shape index (κ3) is 2.94. The Balaban J connectivity index is 1.72. The van der Waals surface area contributed by atoms with Crippen LogP contribution in [0.1, 0.15) is 30.4 Å².